The van der Waals surface area contributed by atoms with Crippen molar-refractivity contribution in [2.75, 3.05) is 43.4 Å². The number of ether oxygens (including phenoxy) is 5. The molecule has 0 saturated heterocycles. The Hall–Kier alpha value is -5.99. The summed E-state index contributed by atoms with van der Waals surface area (Å²) in [5.41, 5.74) is 6.85. The van der Waals surface area contributed by atoms with Crippen LogP contribution in [0.25, 0.3) is 0 Å². The Labute approximate surface area is 370 Å². The maximum absolute atomic E-state index is 14.0. The number of methoxy groups -OCH3 is 2. The van der Waals surface area contributed by atoms with Crippen LogP contribution in [0.3, 0.4) is 0 Å². The highest BCUT2D eigenvalue weighted by Crippen LogP contribution is 2.42. The Morgan fingerprint density at radius 3 is 2.26 bits per heavy atom. The van der Waals surface area contributed by atoms with Crippen LogP contribution in [0.2, 0.25) is 0 Å². The zero-order valence-corrected chi connectivity index (χ0v) is 37.1. The Morgan fingerprint density at radius 2 is 1.55 bits per heavy atom. The molecule has 4 aromatic carbocycles. The summed E-state index contributed by atoms with van der Waals surface area (Å²) in [6, 6.07) is 26.1. The smallest absolute Gasteiger partial charge is 0.261 e. The van der Waals surface area contributed by atoms with E-state index in [0.717, 1.165) is 41.8 Å². The van der Waals surface area contributed by atoms with Gasteiger partial charge in [-0.05, 0) is 81.5 Å². The minimum Gasteiger partial charge on any atom is -0.493 e. The Bertz CT molecular complexity index is 2550. The average Bonchev–Trinajstić information content (AvgIpc) is 3.86. The summed E-state index contributed by atoms with van der Waals surface area (Å²) in [6.07, 6.45) is 7.24. The van der Waals surface area contributed by atoms with Crippen LogP contribution < -0.4 is 33.5 Å². The van der Waals surface area contributed by atoms with E-state index in [1.165, 1.54) is 7.11 Å². The molecule has 0 spiro atoms. The quantitative estimate of drug-likeness (QED) is 0.0507. The Morgan fingerprint density at radius 1 is 0.871 bits per heavy atom. The number of anilines is 2. The number of carbonyl (C=O) groups is 2. The van der Waals surface area contributed by atoms with Crippen LogP contribution in [-0.2, 0) is 26.1 Å². The molecule has 1 atom stereocenters. The summed E-state index contributed by atoms with van der Waals surface area (Å²) in [6.45, 7) is 9.41. The fourth-order valence-electron chi connectivity index (χ4n) is 8.12. The van der Waals surface area contributed by atoms with Crippen LogP contribution in [-0.4, -0.2) is 74.1 Å². The Balaban J connectivity index is 1.03. The van der Waals surface area contributed by atoms with Crippen LogP contribution >= 0.6 is 21.6 Å². The number of para-hydroxylation sites is 2. The van der Waals surface area contributed by atoms with E-state index in [1.807, 2.05) is 77.7 Å². The summed E-state index contributed by atoms with van der Waals surface area (Å²) in [5, 5.41) is 0. The summed E-state index contributed by atoms with van der Waals surface area (Å²) in [4.78, 5) is 45.3. The van der Waals surface area contributed by atoms with Gasteiger partial charge in [0.1, 0.15) is 19.0 Å². The monoisotopic (exact) mass is 871 g/mol. The van der Waals surface area contributed by atoms with Gasteiger partial charge in [-0.1, -0.05) is 58.0 Å². The van der Waals surface area contributed by atoms with Gasteiger partial charge in [-0.3, -0.25) is 29.5 Å². The average molecular weight is 872 g/mol. The molecular formula is C48H49N5O7S2. The number of rotatable bonds is 17. The molecule has 1 unspecified atom stereocenters. The fourth-order valence-corrected chi connectivity index (χ4v) is 10.4. The molecule has 0 N–H and O–H groups in total. The second-order valence-electron chi connectivity index (χ2n) is 15.7. The third-order valence-electron chi connectivity index (χ3n) is 11.1. The van der Waals surface area contributed by atoms with Crippen molar-refractivity contribution in [2.45, 2.75) is 63.5 Å². The predicted octanol–water partition coefficient (Wildman–Crippen LogP) is 10.0. The molecule has 8 rings (SSSR count). The molecule has 1 aromatic heterocycles. The fraction of sp³-hybridized carbons (Fsp3) is 0.312. The first-order valence-corrected chi connectivity index (χ1v) is 23.0. The topological polar surface area (TPSA) is 124 Å². The zero-order chi connectivity index (χ0) is 43.4. The van der Waals surface area contributed by atoms with Crippen LogP contribution in [0.1, 0.15) is 69.9 Å². The van der Waals surface area contributed by atoms with Gasteiger partial charge >= 0.3 is 0 Å². The molecule has 2 amide bonds. The van der Waals surface area contributed by atoms with E-state index < -0.39 is 0 Å². The number of amides is 2. The van der Waals surface area contributed by atoms with Gasteiger partial charge < -0.3 is 28.6 Å². The minimum atomic E-state index is -0.190. The molecule has 3 aliphatic heterocycles. The molecule has 5 aromatic rings. The normalized spacial score (nSPS) is 15.0. The van der Waals surface area contributed by atoms with Gasteiger partial charge in [0, 0.05) is 59.6 Å². The van der Waals surface area contributed by atoms with E-state index >= 15 is 0 Å². The van der Waals surface area contributed by atoms with Crippen LogP contribution in [0.4, 0.5) is 22.7 Å². The van der Waals surface area contributed by atoms with Crippen molar-refractivity contribution in [2.24, 2.45) is 9.98 Å². The van der Waals surface area contributed by atoms with E-state index in [9.17, 15) is 9.59 Å². The molecule has 0 saturated carbocycles. The molecule has 0 aliphatic carbocycles. The van der Waals surface area contributed by atoms with Crippen molar-refractivity contribution < 1.29 is 33.3 Å². The standard InChI is InChI=1S/C48H49N5O7S2/c1-48(2,62-61-6)17-11-19-58-35-21-32(28-59-44-25-38(49-3)36(23-42(44)56-4)46(54)52-18-16-30-12-7-9-14-40(30)52)51-33(22-35)29-60-45-26-39-37(24-43(45)57-5)47(55)53-34(27-50-39)20-31-13-8-10-15-41(31)53/h7-10,12-15,21-27,34H,3,11,16-20,28-29H2,1-2,4-6H3. The molecule has 4 heterocycles. The largest absolute Gasteiger partial charge is 0.493 e. The number of nitrogens with zero attached hydrogens (tertiary/aromatic N) is 5. The number of pyridine rings is 1. The highest BCUT2D eigenvalue weighted by molar-refractivity contribution is 8.76. The van der Waals surface area contributed by atoms with Crippen molar-refractivity contribution in [3.8, 4) is 28.7 Å². The number of fused-ring (bicyclic) bond motifs is 5. The maximum Gasteiger partial charge on any atom is 0.261 e. The lowest BCUT2D eigenvalue weighted by atomic mass is 10.1. The molecule has 3 aliphatic rings. The highest BCUT2D eigenvalue weighted by Gasteiger charge is 2.36. The summed E-state index contributed by atoms with van der Waals surface area (Å²) in [5.74, 6) is 1.84. The first-order valence-electron chi connectivity index (χ1n) is 20.5. The molecular weight excluding hydrogens is 823 g/mol. The first-order chi connectivity index (χ1) is 30.1. The minimum absolute atomic E-state index is 0.0428. The van der Waals surface area contributed by atoms with Crippen molar-refractivity contribution in [3.63, 3.8) is 0 Å². The number of benzene rings is 4. The molecule has 14 heteroatoms. The predicted molar refractivity (Wildman–Crippen MR) is 249 cm³/mol. The van der Waals surface area contributed by atoms with Crippen molar-refractivity contribution in [3.05, 3.63) is 119 Å². The maximum atomic E-state index is 14.0. The summed E-state index contributed by atoms with van der Waals surface area (Å²) >= 11 is 0. The molecule has 0 bridgehead atoms. The highest BCUT2D eigenvalue weighted by atomic mass is 33.1. The van der Waals surface area contributed by atoms with Crippen LogP contribution in [0.15, 0.2) is 94.9 Å². The SMILES string of the molecule is C=Nc1cc(OCc2cc(OCCCC(C)(C)SSC)cc(COc3cc4c(cc3OC)C(=O)N3c5ccccc5CC3C=N4)n2)c(OC)cc1C(=O)N1CCc2ccccc21. The Kier molecular flexibility index (Phi) is 12.8. The van der Waals surface area contributed by atoms with Crippen LogP contribution in [0, 0.1) is 0 Å². The van der Waals surface area contributed by atoms with Crippen LogP contribution in [0.5, 0.6) is 28.7 Å². The second kappa shape index (κ2) is 18.5. The third-order valence-corrected chi connectivity index (χ3v) is 13.8. The third kappa shape index (κ3) is 8.98. The number of hydrogen-bond acceptors (Lipinski definition) is 12. The van der Waals surface area contributed by atoms with E-state index in [-0.39, 0.29) is 35.8 Å². The van der Waals surface area contributed by atoms with E-state index in [1.54, 1.807) is 52.0 Å². The van der Waals surface area contributed by atoms with E-state index in [4.69, 9.17) is 33.7 Å². The number of aromatic nitrogens is 1. The molecule has 12 nitrogen and oxygen atoms in total. The van der Waals surface area contributed by atoms with E-state index in [0.29, 0.717) is 82.2 Å². The lowest BCUT2D eigenvalue weighted by molar-refractivity contribution is 0.0980. The lowest BCUT2D eigenvalue weighted by Crippen LogP contribution is -2.37. The molecule has 320 valence electrons. The van der Waals surface area contributed by atoms with Gasteiger partial charge in [0.2, 0.25) is 0 Å². The first kappa shape index (κ1) is 42.7. The van der Waals surface area contributed by atoms with Crippen molar-refractivity contribution in [1.29, 1.82) is 0 Å². The zero-order valence-electron chi connectivity index (χ0n) is 35.5. The van der Waals surface area contributed by atoms with Gasteiger partial charge in [0.15, 0.2) is 23.0 Å². The number of aliphatic imine (C=N–C) groups is 2. The number of hydrogen-bond donors (Lipinski definition) is 0. The van der Waals surface area contributed by atoms with Crippen molar-refractivity contribution >= 4 is 69.1 Å². The molecule has 0 fully saturated rings. The van der Waals surface area contributed by atoms with Gasteiger partial charge in [0.25, 0.3) is 11.8 Å². The lowest BCUT2D eigenvalue weighted by Gasteiger charge is -2.22. The number of carbonyl (C=O) groups excluding carboxylic acids is 2. The molecule has 62 heavy (non-hydrogen) atoms. The van der Waals surface area contributed by atoms with Gasteiger partial charge in [-0.25, -0.2) is 0 Å². The van der Waals surface area contributed by atoms with Gasteiger partial charge in [0.05, 0.1) is 60.8 Å². The van der Waals surface area contributed by atoms with Crippen molar-refractivity contribution in [1.82, 2.24) is 4.98 Å². The second-order valence-corrected chi connectivity index (χ2v) is 18.8. The van der Waals surface area contributed by atoms with Gasteiger partial charge in [-0.15, -0.1) is 0 Å². The summed E-state index contributed by atoms with van der Waals surface area (Å²) in [7, 11) is 6.70. The van der Waals surface area contributed by atoms with Gasteiger partial charge in [-0.2, -0.15) is 0 Å². The summed E-state index contributed by atoms with van der Waals surface area (Å²) < 4.78 is 30.7. The van der Waals surface area contributed by atoms with E-state index in [2.05, 4.69) is 31.8 Å². The molecule has 0 radical (unpaired) electrons.